The average Bonchev–Trinajstić information content (AvgIpc) is 2.53. The second-order valence-electron chi connectivity index (χ2n) is 4.60. The highest BCUT2D eigenvalue weighted by Gasteiger charge is 2.29. The third kappa shape index (κ3) is 3.65. The number of carboxylic acids is 1. The van der Waals surface area contributed by atoms with Gasteiger partial charge in [-0.15, -0.1) is 0 Å². The van der Waals surface area contributed by atoms with Crippen molar-refractivity contribution in [1.29, 1.82) is 0 Å². The lowest BCUT2D eigenvalue weighted by Gasteiger charge is -2.26. The van der Waals surface area contributed by atoms with Gasteiger partial charge in [-0.1, -0.05) is 6.07 Å². The Morgan fingerprint density at radius 3 is 2.64 bits per heavy atom. The van der Waals surface area contributed by atoms with Gasteiger partial charge in [-0.25, -0.2) is 13.2 Å². The topological polar surface area (TPSA) is 93.1 Å². The van der Waals surface area contributed by atoms with E-state index in [2.05, 4.69) is 0 Å². The summed E-state index contributed by atoms with van der Waals surface area (Å²) in [5.41, 5.74) is 0.468. The Labute approximate surface area is 128 Å². The van der Waals surface area contributed by atoms with Crippen molar-refractivity contribution in [3.05, 3.63) is 29.8 Å². The third-order valence-corrected chi connectivity index (χ3v) is 5.11. The maximum Gasteiger partial charge on any atom is 0.328 e. The van der Waals surface area contributed by atoms with Crippen LogP contribution in [-0.2, 0) is 19.6 Å². The zero-order valence-corrected chi connectivity index (χ0v) is 12.9. The van der Waals surface area contributed by atoms with Crippen molar-refractivity contribution < 1.29 is 27.8 Å². The maximum atomic E-state index is 12.7. The largest absolute Gasteiger partial charge is 0.495 e. The molecule has 8 heteroatoms. The Kier molecular flexibility index (Phi) is 5.17. The number of aliphatic carboxylic acids is 1. The zero-order chi connectivity index (χ0) is 16.2. The third-order valence-electron chi connectivity index (χ3n) is 3.19. The highest BCUT2D eigenvalue weighted by atomic mass is 32.2. The Bertz CT molecular complexity index is 677. The van der Waals surface area contributed by atoms with Crippen LogP contribution in [0.25, 0.3) is 6.08 Å². The summed E-state index contributed by atoms with van der Waals surface area (Å²) in [6, 6.07) is 4.51. The first kappa shape index (κ1) is 16.5. The van der Waals surface area contributed by atoms with Crippen LogP contribution in [0.4, 0.5) is 0 Å². The maximum absolute atomic E-state index is 12.7. The van der Waals surface area contributed by atoms with Crippen LogP contribution in [-0.4, -0.2) is 57.2 Å². The van der Waals surface area contributed by atoms with Crippen LogP contribution in [0.15, 0.2) is 29.2 Å². The minimum Gasteiger partial charge on any atom is -0.495 e. The predicted octanol–water partition coefficient (Wildman–Crippen LogP) is 0.814. The van der Waals surface area contributed by atoms with Gasteiger partial charge in [0.25, 0.3) is 0 Å². The molecule has 0 aromatic heterocycles. The van der Waals surface area contributed by atoms with E-state index in [1.54, 1.807) is 6.07 Å². The second kappa shape index (κ2) is 6.91. The summed E-state index contributed by atoms with van der Waals surface area (Å²) in [6.07, 6.45) is 2.28. The van der Waals surface area contributed by atoms with Crippen molar-refractivity contribution in [2.75, 3.05) is 33.4 Å². The van der Waals surface area contributed by atoms with Gasteiger partial charge in [0, 0.05) is 19.2 Å². The first-order chi connectivity index (χ1) is 10.4. The van der Waals surface area contributed by atoms with Gasteiger partial charge in [-0.2, -0.15) is 4.31 Å². The normalized spacial score (nSPS) is 16.8. The van der Waals surface area contributed by atoms with Crippen LogP contribution in [0.5, 0.6) is 5.75 Å². The van der Waals surface area contributed by atoms with Crippen molar-refractivity contribution in [3.8, 4) is 5.75 Å². The van der Waals surface area contributed by atoms with Gasteiger partial charge in [-0.05, 0) is 23.8 Å². The molecule has 0 aliphatic carbocycles. The number of rotatable bonds is 5. The van der Waals surface area contributed by atoms with Crippen LogP contribution >= 0.6 is 0 Å². The Morgan fingerprint density at radius 2 is 2.05 bits per heavy atom. The molecule has 0 atom stereocenters. The number of morpholine rings is 1. The van der Waals surface area contributed by atoms with E-state index >= 15 is 0 Å². The van der Waals surface area contributed by atoms with E-state index in [1.807, 2.05) is 0 Å². The highest BCUT2D eigenvalue weighted by molar-refractivity contribution is 7.89. The summed E-state index contributed by atoms with van der Waals surface area (Å²) >= 11 is 0. The monoisotopic (exact) mass is 327 g/mol. The molecular formula is C14H17NO6S. The SMILES string of the molecule is COc1ccc(C=CC(=O)O)cc1S(=O)(=O)N1CCOCC1. The molecule has 0 radical (unpaired) electrons. The van der Waals surface area contributed by atoms with Gasteiger partial charge in [0.15, 0.2) is 0 Å². The molecule has 1 fully saturated rings. The molecule has 0 bridgehead atoms. The first-order valence-electron chi connectivity index (χ1n) is 6.62. The number of nitrogens with zero attached hydrogens (tertiary/aromatic N) is 1. The van der Waals surface area contributed by atoms with E-state index in [1.165, 1.54) is 29.6 Å². The summed E-state index contributed by atoms with van der Waals surface area (Å²) in [5.74, 6) is -0.882. The number of sulfonamides is 1. The van der Waals surface area contributed by atoms with Gasteiger partial charge in [0.2, 0.25) is 10.0 Å². The Hall–Kier alpha value is -1.90. The van der Waals surface area contributed by atoms with E-state index in [9.17, 15) is 13.2 Å². The molecule has 1 aromatic carbocycles. The first-order valence-corrected chi connectivity index (χ1v) is 8.06. The number of hydrogen-bond donors (Lipinski definition) is 1. The van der Waals surface area contributed by atoms with E-state index in [-0.39, 0.29) is 23.7 Å². The van der Waals surface area contributed by atoms with Crippen LogP contribution in [0.1, 0.15) is 5.56 Å². The van der Waals surface area contributed by atoms with E-state index in [0.29, 0.717) is 18.8 Å². The minimum atomic E-state index is -3.72. The summed E-state index contributed by atoms with van der Waals surface area (Å²) in [4.78, 5) is 10.6. The van der Waals surface area contributed by atoms with Crippen molar-refractivity contribution in [2.24, 2.45) is 0 Å². The van der Waals surface area contributed by atoms with Gasteiger partial charge >= 0.3 is 5.97 Å². The molecule has 1 heterocycles. The smallest absolute Gasteiger partial charge is 0.328 e. The number of ether oxygens (including phenoxy) is 2. The molecule has 0 spiro atoms. The number of methoxy groups -OCH3 is 1. The van der Waals surface area contributed by atoms with Crippen LogP contribution in [0.3, 0.4) is 0 Å². The number of hydrogen-bond acceptors (Lipinski definition) is 5. The number of carboxylic acid groups (broad SMARTS) is 1. The van der Waals surface area contributed by atoms with Crippen LogP contribution < -0.4 is 4.74 Å². The lowest BCUT2D eigenvalue weighted by atomic mass is 10.2. The fourth-order valence-corrected chi connectivity index (χ4v) is 3.69. The van der Waals surface area contributed by atoms with Gasteiger partial charge < -0.3 is 14.6 Å². The van der Waals surface area contributed by atoms with E-state index < -0.39 is 16.0 Å². The average molecular weight is 327 g/mol. The summed E-state index contributed by atoms with van der Waals surface area (Å²) < 4.78 is 37.0. The molecule has 120 valence electrons. The van der Waals surface area contributed by atoms with Crippen molar-refractivity contribution >= 4 is 22.1 Å². The molecule has 1 aliphatic rings. The lowest BCUT2D eigenvalue weighted by molar-refractivity contribution is -0.131. The molecule has 1 saturated heterocycles. The Morgan fingerprint density at radius 1 is 1.36 bits per heavy atom. The molecule has 1 aromatic rings. The summed E-state index contributed by atoms with van der Waals surface area (Å²) in [6.45, 7) is 1.25. The van der Waals surface area contributed by atoms with Crippen LogP contribution in [0.2, 0.25) is 0 Å². The second-order valence-corrected chi connectivity index (χ2v) is 6.50. The lowest BCUT2D eigenvalue weighted by Crippen LogP contribution is -2.40. The van der Waals surface area contributed by atoms with Gasteiger partial charge in [-0.3, -0.25) is 0 Å². The van der Waals surface area contributed by atoms with Gasteiger partial charge in [0.1, 0.15) is 10.6 Å². The molecule has 1 aliphatic heterocycles. The van der Waals surface area contributed by atoms with Crippen molar-refractivity contribution in [1.82, 2.24) is 4.31 Å². The minimum absolute atomic E-state index is 0.0180. The molecule has 2 rings (SSSR count). The van der Waals surface area contributed by atoms with E-state index in [4.69, 9.17) is 14.6 Å². The summed E-state index contributed by atoms with van der Waals surface area (Å²) in [5, 5.41) is 8.66. The standard InChI is InChI=1S/C14H17NO6S/c1-20-12-4-2-11(3-5-14(16)17)10-13(12)22(18,19)15-6-8-21-9-7-15/h2-5,10H,6-9H2,1H3,(H,16,17). The number of benzene rings is 1. The molecule has 0 unspecified atom stereocenters. The van der Waals surface area contributed by atoms with Gasteiger partial charge in [0.05, 0.1) is 20.3 Å². The fraction of sp³-hybridized carbons (Fsp3) is 0.357. The van der Waals surface area contributed by atoms with E-state index in [0.717, 1.165) is 6.08 Å². The number of carbonyl (C=O) groups is 1. The van der Waals surface area contributed by atoms with Crippen molar-refractivity contribution in [3.63, 3.8) is 0 Å². The fourth-order valence-electron chi connectivity index (χ4n) is 2.09. The molecule has 0 saturated carbocycles. The molecule has 7 nitrogen and oxygen atoms in total. The highest BCUT2D eigenvalue weighted by Crippen LogP contribution is 2.28. The zero-order valence-electron chi connectivity index (χ0n) is 12.1. The quantitative estimate of drug-likeness (QED) is 0.805. The molecule has 22 heavy (non-hydrogen) atoms. The Balaban J connectivity index is 2.42. The molecular weight excluding hydrogens is 310 g/mol. The predicted molar refractivity (Wildman–Crippen MR) is 79.2 cm³/mol. The molecule has 0 amide bonds. The summed E-state index contributed by atoms with van der Waals surface area (Å²) in [7, 11) is -2.33. The molecule has 1 N–H and O–H groups in total. The van der Waals surface area contributed by atoms with Crippen LogP contribution in [0, 0.1) is 0 Å². The van der Waals surface area contributed by atoms with Crippen molar-refractivity contribution in [2.45, 2.75) is 4.90 Å².